The Hall–Kier alpha value is -2.54. The summed E-state index contributed by atoms with van der Waals surface area (Å²) in [7, 11) is 0. The maximum absolute atomic E-state index is 11.7. The lowest BCUT2D eigenvalue weighted by molar-refractivity contribution is -0.139. The minimum absolute atomic E-state index is 0.205. The smallest absolute Gasteiger partial charge is 0.309 e. The molecular weight excluding hydrogens is 304 g/mol. The highest BCUT2D eigenvalue weighted by molar-refractivity contribution is 7.09. The lowest BCUT2D eigenvalue weighted by Gasteiger charge is -2.06. The zero-order valence-corrected chi connectivity index (χ0v) is 12.4. The average molecular weight is 318 g/mol. The van der Waals surface area contributed by atoms with E-state index in [1.54, 1.807) is 12.1 Å². The van der Waals surface area contributed by atoms with Crippen LogP contribution in [-0.2, 0) is 22.7 Å². The maximum atomic E-state index is 11.7. The van der Waals surface area contributed by atoms with E-state index in [9.17, 15) is 9.59 Å². The molecule has 1 aliphatic rings. The van der Waals surface area contributed by atoms with E-state index in [1.807, 2.05) is 23.6 Å². The number of carbonyl (C=O) groups excluding carboxylic acids is 2. The van der Waals surface area contributed by atoms with Gasteiger partial charge < -0.3 is 20.1 Å². The molecule has 0 atom stereocenters. The van der Waals surface area contributed by atoms with Gasteiger partial charge in [0.15, 0.2) is 11.5 Å². The molecule has 0 aliphatic carbocycles. The highest BCUT2D eigenvalue weighted by atomic mass is 32.1. The van der Waals surface area contributed by atoms with E-state index < -0.39 is 11.8 Å². The fourth-order valence-corrected chi connectivity index (χ4v) is 2.62. The lowest BCUT2D eigenvalue weighted by atomic mass is 10.2. The van der Waals surface area contributed by atoms with Crippen LogP contribution in [0.1, 0.15) is 10.4 Å². The Kier molecular flexibility index (Phi) is 4.24. The van der Waals surface area contributed by atoms with Crippen molar-refractivity contribution in [2.45, 2.75) is 13.1 Å². The standard InChI is InChI=1S/C15H14N2O4S/c18-14(15(19)17-8-11-2-1-5-22-11)16-7-10-3-4-12-13(6-10)21-9-20-12/h1-6H,7-9H2,(H,16,18)(H,17,19). The van der Waals surface area contributed by atoms with E-state index in [2.05, 4.69) is 10.6 Å². The zero-order valence-electron chi connectivity index (χ0n) is 11.6. The van der Waals surface area contributed by atoms with Gasteiger partial charge in [-0.1, -0.05) is 12.1 Å². The summed E-state index contributed by atoms with van der Waals surface area (Å²) < 4.78 is 10.5. The van der Waals surface area contributed by atoms with Crippen molar-refractivity contribution < 1.29 is 19.1 Å². The van der Waals surface area contributed by atoms with Crippen LogP contribution in [0.15, 0.2) is 35.7 Å². The Morgan fingerprint density at radius 1 is 1.05 bits per heavy atom. The Balaban J connectivity index is 1.48. The fourth-order valence-electron chi connectivity index (χ4n) is 1.97. The van der Waals surface area contributed by atoms with Gasteiger partial charge in [0.25, 0.3) is 0 Å². The highest BCUT2D eigenvalue weighted by Crippen LogP contribution is 2.32. The van der Waals surface area contributed by atoms with Crippen LogP contribution >= 0.6 is 11.3 Å². The van der Waals surface area contributed by atoms with Gasteiger partial charge in [-0.05, 0) is 29.1 Å². The summed E-state index contributed by atoms with van der Waals surface area (Å²) in [5.74, 6) is 0.0287. The molecule has 1 aromatic carbocycles. The average Bonchev–Trinajstić information content (AvgIpc) is 3.20. The summed E-state index contributed by atoms with van der Waals surface area (Å²) in [6.45, 7) is 0.812. The van der Waals surface area contributed by atoms with Gasteiger partial charge in [0, 0.05) is 11.4 Å². The van der Waals surface area contributed by atoms with Crippen molar-refractivity contribution in [1.82, 2.24) is 10.6 Å². The normalized spacial score (nSPS) is 12.0. The number of thiophene rings is 1. The molecule has 0 bridgehead atoms. The molecule has 2 amide bonds. The van der Waals surface area contributed by atoms with E-state index >= 15 is 0 Å². The van der Waals surface area contributed by atoms with E-state index in [0.29, 0.717) is 18.0 Å². The van der Waals surface area contributed by atoms with Gasteiger partial charge in [-0.25, -0.2) is 0 Å². The van der Waals surface area contributed by atoms with Crippen LogP contribution in [0.25, 0.3) is 0 Å². The first kappa shape index (κ1) is 14.4. The second-order valence-corrected chi connectivity index (χ2v) is 5.66. The Morgan fingerprint density at radius 3 is 2.59 bits per heavy atom. The first-order valence-corrected chi connectivity index (χ1v) is 7.57. The number of rotatable bonds is 4. The molecule has 22 heavy (non-hydrogen) atoms. The summed E-state index contributed by atoms with van der Waals surface area (Å²) in [5, 5.41) is 7.07. The molecule has 0 saturated heterocycles. The zero-order chi connectivity index (χ0) is 15.4. The molecule has 0 spiro atoms. The monoisotopic (exact) mass is 318 g/mol. The second-order valence-electron chi connectivity index (χ2n) is 4.63. The van der Waals surface area contributed by atoms with Crippen molar-refractivity contribution in [2.75, 3.05) is 6.79 Å². The molecule has 2 heterocycles. The number of carbonyl (C=O) groups is 2. The van der Waals surface area contributed by atoms with Crippen molar-refractivity contribution in [3.63, 3.8) is 0 Å². The van der Waals surface area contributed by atoms with Crippen LogP contribution < -0.4 is 20.1 Å². The Labute approximate surface area is 131 Å². The van der Waals surface area contributed by atoms with Gasteiger partial charge in [-0.3, -0.25) is 9.59 Å². The lowest BCUT2D eigenvalue weighted by Crippen LogP contribution is -2.39. The molecule has 2 N–H and O–H groups in total. The third-order valence-corrected chi connectivity index (χ3v) is 3.98. The molecule has 0 fully saturated rings. The number of nitrogens with one attached hydrogen (secondary N) is 2. The van der Waals surface area contributed by atoms with Crippen LogP contribution in [0, 0.1) is 0 Å². The van der Waals surface area contributed by atoms with Crippen LogP contribution in [0.5, 0.6) is 11.5 Å². The van der Waals surface area contributed by atoms with Gasteiger partial charge >= 0.3 is 11.8 Å². The predicted molar refractivity (Wildman–Crippen MR) is 80.6 cm³/mol. The molecule has 0 saturated carbocycles. The molecule has 1 aromatic heterocycles. The number of hydrogen-bond acceptors (Lipinski definition) is 5. The molecular formula is C15H14N2O4S. The third kappa shape index (κ3) is 3.37. The first-order chi connectivity index (χ1) is 10.7. The largest absolute Gasteiger partial charge is 0.454 e. The molecule has 3 rings (SSSR count). The molecule has 0 radical (unpaired) electrons. The molecule has 114 valence electrons. The maximum Gasteiger partial charge on any atom is 0.309 e. The van der Waals surface area contributed by atoms with E-state index in [-0.39, 0.29) is 13.3 Å². The first-order valence-electron chi connectivity index (χ1n) is 6.69. The van der Waals surface area contributed by atoms with Crippen LogP contribution in [0.4, 0.5) is 0 Å². The van der Waals surface area contributed by atoms with Crippen LogP contribution in [0.2, 0.25) is 0 Å². The number of fused-ring (bicyclic) bond motifs is 1. The molecule has 1 aliphatic heterocycles. The number of hydrogen-bond donors (Lipinski definition) is 2. The molecule has 7 heteroatoms. The minimum Gasteiger partial charge on any atom is -0.454 e. The van der Waals surface area contributed by atoms with Gasteiger partial charge in [0.2, 0.25) is 6.79 Å². The van der Waals surface area contributed by atoms with Crippen molar-refractivity contribution in [1.29, 1.82) is 0 Å². The number of amides is 2. The summed E-state index contributed by atoms with van der Waals surface area (Å²) in [6.07, 6.45) is 0. The SMILES string of the molecule is O=C(NCc1ccc2c(c1)OCO2)C(=O)NCc1cccs1. The van der Waals surface area contributed by atoms with Gasteiger partial charge in [0.1, 0.15) is 0 Å². The van der Waals surface area contributed by atoms with Gasteiger partial charge in [-0.2, -0.15) is 0 Å². The highest BCUT2D eigenvalue weighted by Gasteiger charge is 2.15. The van der Waals surface area contributed by atoms with E-state index in [0.717, 1.165) is 10.4 Å². The number of ether oxygens (including phenoxy) is 2. The number of benzene rings is 1. The van der Waals surface area contributed by atoms with Crippen LogP contribution in [-0.4, -0.2) is 18.6 Å². The van der Waals surface area contributed by atoms with Crippen molar-refractivity contribution in [2.24, 2.45) is 0 Å². The van der Waals surface area contributed by atoms with Crippen molar-refractivity contribution in [3.8, 4) is 11.5 Å². The third-order valence-electron chi connectivity index (χ3n) is 3.10. The van der Waals surface area contributed by atoms with E-state index in [4.69, 9.17) is 9.47 Å². The minimum atomic E-state index is -0.658. The van der Waals surface area contributed by atoms with Crippen LogP contribution in [0.3, 0.4) is 0 Å². The Morgan fingerprint density at radius 2 is 1.82 bits per heavy atom. The van der Waals surface area contributed by atoms with Gasteiger partial charge in [0.05, 0.1) is 6.54 Å². The quantitative estimate of drug-likeness (QED) is 0.836. The summed E-state index contributed by atoms with van der Waals surface area (Å²) in [6, 6.07) is 9.17. The van der Waals surface area contributed by atoms with Crippen molar-refractivity contribution >= 4 is 23.2 Å². The summed E-state index contributed by atoms with van der Waals surface area (Å²) in [4.78, 5) is 24.4. The fraction of sp³-hybridized carbons (Fsp3) is 0.200. The topological polar surface area (TPSA) is 76.7 Å². The molecule has 6 nitrogen and oxygen atoms in total. The van der Waals surface area contributed by atoms with Gasteiger partial charge in [-0.15, -0.1) is 11.3 Å². The Bertz CT molecular complexity index is 685. The molecule has 0 unspecified atom stereocenters. The van der Waals surface area contributed by atoms with Crippen molar-refractivity contribution in [3.05, 3.63) is 46.2 Å². The summed E-state index contributed by atoms with van der Waals surface area (Å²) >= 11 is 1.53. The predicted octanol–water partition coefficient (Wildman–Crippen LogP) is 1.41. The van der Waals surface area contributed by atoms with E-state index in [1.165, 1.54) is 11.3 Å². The summed E-state index contributed by atoms with van der Waals surface area (Å²) in [5.41, 5.74) is 0.837. The second kappa shape index (κ2) is 6.48. The molecule has 2 aromatic rings.